The predicted octanol–water partition coefficient (Wildman–Crippen LogP) is 4.36. The molecule has 0 aromatic heterocycles. The molecule has 0 aliphatic heterocycles. The van der Waals surface area contributed by atoms with Gasteiger partial charge in [0.2, 0.25) is 0 Å². The average molecular weight is 329 g/mol. The van der Waals surface area contributed by atoms with Crippen LogP contribution in [0.3, 0.4) is 0 Å². The van der Waals surface area contributed by atoms with Gasteiger partial charge in [-0.2, -0.15) is 0 Å². The lowest BCUT2D eigenvalue weighted by Crippen LogP contribution is -2.09. The van der Waals surface area contributed by atoms with Crippen molar-refractivity contribution in [3.05, 3.63) is 54.1 Å². The van der Waals surface area contributed by atoms with Crippen LogP contribution in [0.1, 0.15) is 19.4 Å². The first-order valence-corrected chi connectivity index (χ1v) is 8.36. The molecule has 0 aliphatic rings. The summed E-state index contributed by atoms with van der Waals surface area (Å²) in [5.41, 5.74) is 2.09. The highest BCUT2D eigenvalue weighted by Crippen LogP contribution is 2.26. The second-order valence-corrected chi connectivity index (χ2v) is 6.00. The first kappa shape index (κ1) is 18.1. The summed E-state index contributed by atoms with van der Waals surface area (Å²) in [5, 5.41) is 3.45. The van der Waals surface area contributed by atoms with Crippen LogP contribution < -0.4 is 14.8 Å². The van der Waals surface area contributed by atoms with Crippen molar-refractivity contribution < 1.29 is 14.2 Å². The van der Waals surface area contributed by atoms with Crippen LogP contribution in [0.4, 0.5) is 5.69 Å². The number of methoxy groups -OCH3 is 1. The summed E-state index contributed by atoms with van der Waals surface area (Å²) in [5.74, 6) is 2.25. The molecule has 0 amide bonds. The highest BCUT2D eigenvalue weighted by atomic mass is 16.5. The van der Waals surface area contributed by atoms with Gasteiger partial charge in [-0.3, -0.25) is 0 Å². The molecule has 2 rings (SSSR count). The van der Waals surface area contributed by atoms with Crippen molar-refractivity contribution in [3.63, 3.8) is 0 Å². The fraction of sp³-hybridized carbons (Fsp3) is 0.400. The molecule has 0 unspecified atom stereocenters. The summed E-state index contributed by atoms with van der Waals surface area (Å²) in [6.45, 7) is 6.78. The molecule has 4 heteroatoms. The van der Waals surface area contributed by atoms with Crippen LogP contribution in [-0.4, -0.2) is 26.9 Å². The van der Waals surface area contributed by atoms with Crippen LogP contribution in [0.15, 0.2) is 48.5 Å². The Morgan fingerprint density at radius 1 is 0.875 bits per heavy atom. The number of rotatable bonds is 10. The third-order valence-corrected chi connectivity index (χ3v) is 3.45. The molecule has 0 bridgehead atoms. The maximum Gasteiger partial charge on any atom is 0.142 e. The molecule has 0 saturated carbocycles. The summed E-state index contributed by atoms with van der Waals surface area (Å²) < 4.78 is 16.7. The number of hydrogen-bond donors (Lipinski definition) is 1. The molecular formula is C20H27NO3. The number of anilines is 1. The van der Waals surface area contributed by atoms with Gasteiger partial charge >= 0.3 is 0 Å². The van der Waals surface area contributed by atoms with Gasteiger partial charge in [0, 0.05) is 19.2 Å². The van der Waals surface area contributed by atoms with E-state index in [2.05, 4.69) is 25.2 Å². The molecule has 2 aromatic carbocycles. The van der Waals surface area contributed by atoms with E-state index in [4.69, 9.17) is 14.2 Å². The molecule has 4 nitrogen and oxygen atoms in total. The van der Waals surface area contributed by atoms with E-state index < -0.39 is 0 Å². The second kappa shape index (κ2) is 9.83. The van der Waals surface area contributed by atoms with Crippen molar-refractivity contribution in [1.82, 2.24) is 0 Å². The molecular weight excluding hydrogens is 302 g/mol. The molecule has 130 valence electrons. The van der Waals surface area contributed by atoms with Crippen LogP contribution >= 0.6 is 0 Å². The van der Waals surface area contributed by atoms with Crippen molar-refractivity contribution in [3.8, 4) is 11.5 Å². The summed E-state index contributed by atoms with van der Waals surface area (Å²) in [4.78, 5) is 0. The smallest absolute Gasteiger partial charge is 0.142 e. The minimum atomic E-state index is 0.493. The molecule has 2 aromatic rings. The standard InChI is InChI=1S/C20H27NO3/c1-16(2)15-24-20-11-7-5-9-18(20)21-14-17-8-4-6-10-19(17)23-13-12-22-3/h4-11,16,21H,12-15H2,1-3H3. The van der Waals surface area contributed by atoms with Gasteiger partial charge in [-0.25, -0.2) is 0 Å². The third-order valence-electron chi connectivity index (χ3n) is 3.45. The normalized spacial score (nSPS) is 10.7. The van der Waals surface area contributed by atoms with Crippen molar-refractivity contribution in [1.29, 1.82) is 0 Å². The summed E-state index contributed by atoms with van der Waals surface area (Å²) in [6.07, 6.45) is 0. The third kappa shape index (κ3) is 5.78. The molecule has 0 spiro atoms. The topological polar surface area (TPSA) is 39.7 Å². The molecule has 0 aliphatic carbocycles. The van der Waals surface area contributed by atoms with E-state index in [0.717, 1.165) is 22.7 Å². The average Bonchev–Trinajstić information content (AvgIpc) is 2.60. The predicted molar refractivity (Wildman–Crippen MR) is 97.9 cm³/mol. The Hall–Kier alpha value is -2.20. The number of hydrogen-bond acceptors (Lipinski definition) is 4. The lowest BCUT2D eigenvalue weighted by Gasteiger charge is -2.16. The van der Waals surface area contributed by atoms with Gasteiger partial charge in [0.1, 0.15) is 18.1 Å². The fourth-order valence-electron chi connectivity index (χ4n) is 2.21. The monoisotopic (exact) mass is 329 g/mol. The maximum absolute atomic E-state index is 5.89. The van der Waals surface area contributed by atoms with Crippen molar-refractivity contribution in [2.24, 2.45) is 5.92 Å². The van der Waals surface area contributed by atoms with E-state index >= 15 is 0 Å². The van der Waals surface area contributed by atoms with Gasteiger partial charge in [-0.1, -0.05) is 44.2 Å². The van der Waals surface area contributed by atoms with Crippen molar-refractivity contribution in [2.75, 3.05) is 32.2 Å². The number of para-hydroxylation sites is 3. The molecule has 0 heterocycles. The maximum atomic E-state index is 5.89. The minimum Gasteiger partial charge on any atom is -0.491 e. The van der Waals surface area contributed by atoms with Crippen LogP contribution in [-0.2, 0) is 11.3 Å². The second-order valence-electron chi connectivity index (χ2n) is 6.00. The van der Waals surface area contributed by atoms with Crippen molar-refractivity contribution >= 4 is 5.69 Å². The lowest BCUT2D eigenvalue weighted by molar-refractivity contribution is 0.146. The van der Waals surface area contributed by atoms with Crippen LogP contribution in [0.2, 0.25) is 0 Å². The van der Waals surface area contributed by atoms with E-state index in [9.17, 15) is 0 Å². The summed E-state index contributed by atoms with van der Waals surface area (Å²) in [6, 6.07) is 16.1. The Labute approximate surface area is 144 Å². The van der Waals surface area contributed by atoms with E-state index in [1.807, 2.05) is 42.5 Å². The molecule has 24 heavy (non-hydrogen) atoms. The van der Waals surface area contributed by atoms with Gasteiger partial charge < -0.3 is 19.5 Å². The lowest BCUT2D eigenvalue weighted by atomic mass is 10.2. The Kier molecular flexibility index (Phi) is 7.43. The van der Waals surface area contributed by atoms with E-state index in [1.165, 1.54) is 0 Å². The van der Waals surface area contributed by atoms with Crippen LogP contribution in [0.25, 0.3) is 0 Å². The molecule has 1 N–H and O–H groups in total. The van der Waals surface area contributed by atoms with E-state index in [1.54, 1.807) is 7.11 Å². The zero-order chi connectivity index (χ0) is 17.2. The number of ether oxygens (including phenoxy) is 3. The minimum absolute atomic E-state index is 0.493. The highest BCUT2D eigenvalue weighted by Gasteiger charge is 2.07. The zero-order valence-electron chi connectivity index (χ0n) is 14.7. The zero-order valence-corrected chi connectivity index (χ0v) is 14.7. The first-order valence-electron chi connectivity index (χ1n) is 8.36. The Bertz CT molecular complexity index is 613. The Morgan fingerprint density at radius 3 is 2.33 bits per heavy atom. The van der Waals surface area contributed by atoms with Gasteiger partial charge in [-0.15, -0.1) is 0 Å². The van der Waals surface area contributed by atoms with Crippen molar-refractivity contribution in [2.45, 2.75) is 20.4 Å². The van der Waals surface area contributed by atoms with Crippen LogP contribution in [0.5, 0.6) is 11.5 Å². The summed E-state index contributed by atoms with van der Waals surface area (Å²) >= 11 is 0. The summed E-state index contributed by atoms with van der Waals surface area (Å²) in [7, 11) is 1.67. The quantitative estimate of drug-likeness (QED) is 0.658. The molecule has 0 radical (unpaired) electrons. The fourth-order valence-corrected chi connectivity index (χ4v) is 2.21. The van der Waals surface area contributed by atoms with E-state index in [0.29, 0.717) is 32.3 Å². The SMILES string of the molecule is COCCOc1ccccc1CNc1ccccc1OCC(C)C. The molecule has 0 fully saturated rings. The van der Waals surface area contributed by atoms with Gasteiger partial charge in [0.15, 0.2) is 0 Å². The van der Waals surface area contributed by atoms with Crippen LogP contribution in [0, 0.1) is 5.92 Å². The number of benzene rings is 2. The van der Waals surface area contributed by atoms with Gasteiger partial charge in [-0.05, 0) is 24.1 Å². The molecule has 0 saturated heterocycles. The van der Waals surface area contributed by atoms with Gasteiger partial charge in [0.25, 0.3) is 0 Å². The molecule has 0 atom stereocenters. The first-order chi connectivity index (χ1) is 11.7. The van der Waals surface area contributed by atoms with E-state index in [-0.39, 0.29) is 0 Å². The number of nitrogens with one attached hydrogen (secondary N) is 1. The largest absolute Gasteiger partial charge is 0.491 e. The van der Waals surface area contributed by atoms with Gasteiger partial charge in [0.05, 0.1) is 18.9 Å². The highest BCUT2D eigenvalue weighted by molar-refractivity contribution is 5.56. The Balaban J connectivity index is 2.00. The Morgan fingerprint density at radius 2 is 1.58 bits per heavy atom.